The number of amides is 2. The third kappa shape index (κ3) is 5.45. The van der Waals surface area contributed by atoms with Gasteiger partial charge in [0.15, 0.2) is 0 Å². The minimum atomic E-state index is -3.64. The van der Waals surface area contributed by atoms with Gasteiger partial charge in [0.2, 0.25) is 21.8 Å². The standard InChI is InChI=1S/C25H31N3O4S/c1-18(19-6-3-2-4-7-19)17-26-25(30)20-12-14-28(15-13-20)33(31,32)22-10-11-23-21(16-22)8-5-9-24(29)27-23/h2-4,6-7,10-11,16,18,20H,5,8-9,12-15,17H2,1H3,(H,26,30)(H,27,29)/t18-/m0/s1. The topological polar surface area (TPSA) is 95.6 Å². The number of carbonyl (C=O) groups excluding carboxylic acids is 2. The summed E-state index contributed by atoms with van der Waals surface area (Å²) in [5.41, 5.74) is 2.72. The number of rotatable bonds is 6. The Kier molecular flexibility index (Phi) is 7.14. The first-order valence-corrected chi connectivity index (χ1v) is 13.0. The van der Waals surface area contributed by atoms with Crippen LogP contribution in [0, 0.1) is 5.92 Å². The van der Waals surface area contributed by atoms with Crippen LogP contribution in [0.15, 0.2) is 53.4 Å². The van der Waals surface area contributed by atoms with E-state index in [9.17, 15) is 18.0 Å². The molecule has 2 aromatic carbocycles. The molecule has 2 N–H and O–H groups in total. The molecule has 1 atom stereocenters. The van der Waals surface area contributed by atoms with Crippen LogP contribution in [0.4, 0.5) is 5.69 Å². The number of nitrogens with one attached hydrogen (secondary N) is 2. The average molecular weight is 470 g/mol. The Morgan fingerprint density at radius 2 is 1.85 bits per heavy atom. The molecule has 2 aromatic rings. The van der Waals surface area contributed by atoms with Crippen molar-refractivity contribution in [2.24, 2.45) is 5.92 Å². The number of aryl methyl sites for hydroxylation is 1. The molecule has 2 amide bonds. The number of benzene rings is 2. The van der Waals surface area contributed by atoms with Gasteiger partial charge in [0, 0.05) is 37.7 Å². The number of carbonyl (C=O) groups is 2. The van der Waals surface area contributed by atoms with Crippen LogP contribution < -0.4 is 10.6 Å². The lowest BCUT2D eigenvalue weighted by molar-refractivity contribution is -0.126. The van der Waals surface area contributed by atoms with Crippen molar-refractivity contribution in [3.05, 3.63) is 59.7 Å². The van der Waals surface area contributed by atoms with E-state index in [0.717, 1.165) is 5.56 Å². The Bertz CT molecular complexity index is 1110. The summed E-state index contributed by atoms with van der Waals surface area (Å²) in [6, 6.07) is 15.0. The lowest BCUT2D eigenvalue weighted by Crippen LogP contribution is -2.43. The molecule has 7 nitrogen and oxygen atoms in total. The SMILES string of the molecule is C[C@@H](CNC(=O)C1CCN(S(=O)(=O)c2ccc3c(c2)CCCC(=O)N3)CC1)c1ccccc1. The summed E-state index contributed by atoms with van der Waals surface area (Å²) in [5.74, 6) is -0.00578. The Labute approximate surface area is 195 Å². The van der Waals surface area contributed by atoms with Gasteiger partial charge in [0.05, 0.1) is 4.90 Å². The highest BCUT2D eigenvalue weighted by molar-refractivity contribution is 7.89. The molecule has 0 spiro atoms. The van der Waals surface area contributed by atoms with Crippen molar-refractivity contribution in [1.82, 2.24) is 9.62 Å². The molecule has 2 heterocycles. The monoisotopic (exact) mass is 469 g/mol. The zero-order valence-electron chi connectivity index (χ0n) is 18.9. The number of sulfonamides is 1. The molecule has 0 bridgehead atoms. The fourth-order valence-corrected chi connectivity index (χ4v) is 6.04. The van der Waals surface area contributed by atoms with Crippen molar-refractivity contribution < 1.29 is 18.0 Å². The van der Waals surface area contributed by atoms with Crippen LogP contribution in [-0.4, -0.2) is 44.2 Å². The van der Waals surface area contributed by atoms with Crippen LogP contribution in [0.3, 0.4) is 0 Å². The summed E-state index contributed by atoms with van der Waals surface area (Å²) in [7, 11) is -3.64. The highest BCUT2D eigenvalue weighted by atomic mass is 32.2. The van der Waals surface area contributed by atoms with Crippen molar-refractivity contribution in [1.29, 1.82) is 0 Å². The number of fused-ring (bicyclic) bond motifs is 1. The van der Waals surface area contributed by atoms with Gasteiger partial charge in [-0.2, -0.15) is 4.31 Å². The number of anilines is 1. The van der Waals surface area contributed by atoms with Crippen LogP contribution in [0.25, 0.3) is 0 Å². The molecule has 1 fully saturated rings. The van der Waals surface area contributed by atoms with E-state index in [1.54, 1.807) is 18.2 Å². The van der Waals surface area contributed by atoms with Gasteiger partial charge in [-0.25, -0.2) is 8.42 Å². The second-order valence-corrected chi connectivity index (χ2v) is 10.9. The van der Waals surface area contributed by atoms with Gasteiger partial charge in [-0.05, 0) is 60.9 Å². The minimum absolute atomic E-state index is 0.00407. The Morgan fingerprint density at radius 1 is 1.12 bits per heavy atom. The minimum Gasteiger partial charge on any atom is -0.355 e. The molecule has 2 aliphatic rings. The summed E-state index contributed by atoms with van der Waals surface area (Å²) < 4.78 is 27.9. The predicted octanol–water partition coefficient (Wildman–Crippen LogP) is 3.28. The van der Waals surface area contributed by atoms with Crippen LogP contribution in [0.2, 0.25) is 0 Å². The number of piperidine rings is 1. The third-order valence-corrected chi connectivity index (χ3v) is 8.51. The van der Waals surface area contributed by atoms with E-state index in [0.29, 0.717) is 57.4 Å². The van der Waals surface area contributed by atoms with Crippen LogP contribution in [0.5, 0.6) is 0 Å². The molecule has 33 heavy (non-hydrogen) atoms. The van der Waals surface area contributed by atoms with Gasteiger partial charge in [0.25, 0.3) is 0 Å². The normalized spacial score (nSPS) is 18.6. The predicted molar refractivity (Wildman–Crippen MR) is 127 cm³/mol. The molecule has 2 aliphatic heterocycles. The highest BCUT2D eigenvalue weighted by Gasteiger charge is 2.32. The third-order valence-electron chi connectivity index (χ3n) is 6.61. The smallest absolute Gasteiger partial charge is 0.243 e. The van der Waals surface area contributed by atoms with E-state index in [-0.39, 0.29) is 28.5 Å². The Balaban J connectivity index is 1.34. The molecule has 8 heteroatoms. The van der Waals surface area contributed by atoms with E-state index in [1.165, 1.54) is 9.87 Å². The fraction of sp³-hybridized carbons (Fsp3) is 0.440. The molecule has 0 saturated carbocycles. The van der Waals surface area contributed by atoms with E-state index in [4.69, 9.17) is 0 Å². The number of nitrogens with zero attached hydrogens (tertiary/aromatic N) is 1. The molecule has 0 aliphatic carbocycles. The van der Waals surface area contributed by atoms with Crippen LogP contribution >= 0.6 is 0 Å². The van der Waals surface area contributed by atoms with Crippen LogP contribution in [0.1, 0.15) is 49.7 Å². The van der Waals surface area contributed by atoms with Gasteiger partial charge < -0.3 is 10.6 Å². The lowest BCUT2D eigenvalue weighted by Gasteiger charge is -2.31. The summed E-state index contributed by atoms with van der Waals surface area (Å²) >= 11 is 0. The quantitative estimate of drug-likeness (QED) is 0.679. The van der Waals surface area contributed by atoms with Crippen molar-refractivity contribution in [2.45, 2.75) is 49.8 Å². The van der Waals surface area contributed by atoms with E-state index < -0.39 is 10.0 Å². The maximum absolute atomic E-state index is 13.2. The summed E-state index contributed by atoms with van der Waals surface area (Å²) in [5, 5.41) is 5.88. The largest absolute Gasteiger partial charge is 0.355 e. The molecular formula is C25H31N3O4S. The molecular weight excluding hydrogens is 438 g/mol. The molecule has 0 radical (unpaired) electrons. The van der Waals surface area contributed by atoms with Crippen molar-refractivity contribution >= 4 is 27.5 Å². The highest BCUT2D eigenvalue weighted by Crippen LogP contribution is 2.29. The Hall–Kier alpha value is -2.71. The summed E-state index contributed by atoms with van der Waals surface area (Å²) in [6.45, 7) is 3.29. The maximum atomic E-state index is 13.2. The van der Waals surface area contributed by atoms with E-state index >= 15 is 0 Å². The van der Waals surface area contributed by atoms with Gasteiger partial charge in [-0.1, -0.05) is 37.3 Å². The first kappa shape index (κ1) is 23.4. The Morgan fingerprint density at radius 3 is 2.58 bits per heavy atom. The molecule has 0 aromatic heterocycles. The van der Waals surface area contributed by atoms with Gasteiger partial charge >= 0.3 is 0 Å². The molecule has 176 valence electrons. The van der Waals surface area contributed by atoms with Gasteiger partial charge in [-0.15, -0.1) is 0 Å². The number of hydrogen-bond donors (Lipinski definition) is 2. The van der Waals surface area contributed by atoms with E-state index in [1.807, 2.05) is 18.2 Å². The molecule has 0 unspecified atom stereocenters. The second-order valence-electron chi connectivity index (χ2n) is 8.96. The van der Waals surface area contributed by atoms with Gasteiger partial charge in [0.1, 0.15) is 0 Å². The average Bonchev–Trinajstić information content (AvgIpc) is 3.02. The zero-order chi connectivity index (χ0) is 23.4. The first-order chi connectivity index (χ1) is 15.8. The summed E-state index contributed by atoms with van der Waals surface area (Å²) in [6.07, 6.45) is 2.82. The maximum Gasteiger partial charge on any atom is 0.243 e. The lowest BCUT2D eigenvalue weighted by atomic mass is 9.96. The van der Waals surface area contributed by atoms with Crippen molar-refractivity contribution in [3.63, 3.8) is 0 Å². The van der Waals surface area contributed by atoms with Crippen molar-refractivity contribution in [3.8, 4) is 0 Å². The van der Waals surface area contributed by atoms with Crippen LogP contribution in [-0.2, 0) is 26.0 Å². The van der Waals surface area contributed by atoms with Crippen molar-refractivity contribution in [2.75, 3.05) is 25.0 Å². The zero-order valence-corrected chi connectivity index (χ0v) is 19.7. The molecule has 1 saturated heterocycles. The summed E-state index contributed by atoms with van der Waals surface area (Å²) in [4.78, 5) is 24.7. The van der Waals surface area contributed by atoms with Gasteiger partial charge in [-0.3, -0.25) is 9.59 Å². The second kappa shape index (κ2) is 10.1. The molecule has 4 rings (SSSR count). The fourth-order valence-electron chi connectivity index (χ4n) is 4.52. The number of hydrogen-bond acceptors (Lipinski definition) is 4. The van der Waals surface area contributed by atoms with E-state index in [2.05, 4.69) is 29.7 Å². The first-order valence-electron chi connectivity index (χ1n) is 11.6.